The van der Waals surface area contributed by atoms with E-state index >= 15 is 0 Å². The molecule has 0 aromatic heterocycles. The van der Waals surface area contributed by atoms with Gasteiger partial charge in [0, 0.05) is 39.1 Å². The first-order valence-corrected chi connectivity index (χ1v) is 6.66. The van der Waals surface area contributed by atoms with Crippen LogP contribution in [0.25, 0.3) is 0 Å². The van der Waals surface area contributed by atoms with E-state index in [1.54, 1.807) is 11.9 Å². The number of nitrogens with zero attached hydrogens (tertiary/aromatic N) is 2. The highest BCUT2D eigenvalue weighted by Gasteiger charge is 2.24. The molecule has 1 saturated heterocycles. The Morgan fingerprint density at radius 1 is 1.53 bits per heavy atom. The molecule has 1 fully saturated rings. The SMILES string of the molecule is CN(CC(N)CN1CCCC1=O)C(=O)OC(C)(C)C. The maximum absolute atomic E-state index is 11.8. The van der Waals surface area contributed by atoms with Crippen molar-refractivity contribution in [3.63, 3.8) is 0 Å². The Morgan fingerprint density at radius 2 is 2.16 bits per heavy atom. The van der Waals surface area contributed by atoms with E-state index in [1.165, 1.54) is 4.90 Å². The van der Waals surface area contributed by atoms with Crippen LogP contribution in [0.3, 0.4) is 0 Å². The summed E-state index contributed by atoms with van der Waals surface area (Å²) in [4.78, 5) is 26.5. The van der Waals surface area contributed by atoms with Crippen LogP contribution in [-0.4, -0.2) is 60.1 Å². The van der Waals surface area contributed by atoms with Crippen LogP contribution in [0.2, 0.25) is 0 Å². The van der Waals surface area contributed by atoms with Crippen molar-refractivity contribution in [1.29, 1.82) is 0 Å². The van der Waals surface area contributed by atoms with Gasteiger partial charge in [-0.25, -0.2) is 4.79 Å². The average Bonchev–Trinajstić information content (AvgIpc) is 2.61. The molecule has 0 aromatic rings. The number of rotatable bonds is 4. The van der Waals surface area contributed by atoms with Gasteiger partial charge in [0.25, 0.3) is 0 Å². The number of hydrogen-bond acceptors (Lipinski definition) is 4. The summed E-state index contributed by atoms with van der Waals surface area (Å²) in [5.74, 6) is 0.148. The van der Waals surface area contributed by atoms with Gasteiger partial charge in [-0.2, -0.15) is 0 Å². The second kappa shape index (κ2) is 6.23. The number of carbonyl (C=O) groups is 2. The largest absolute Gasteiger partial charge is 0.444 e. The Hall–Kier alpha value is -1.30. The zero-order valence-corrected chi connectivity index (χ0v) is 12.3. The molecule has 0 aliphatic carbocycles. The Balaban J connectivity index is 2.36. The fourth-order valence-electron chi connectivity index (χ4n) is 2.00. The molecule has 2 amide bonds. The van der Waals surface area contributed by atoms with Gasteiger partial charge in [-0.15, -0.1) is 0 Å². The van der Waals surface area contributed by atoms with E-state index in [-0.39, 0.29) is 11.9 Å². The quantitative estimate of drug-likeness (QED) is 0.820. The van der Waals surface area contributed by atoms with Gasteiger partial charge in [-0.1, -0.05) is 0 Å². The Kier molecular flexibility index (Phi) is 5.17. The normalized spacial score (nSPS) is 17.5. The van der Waals surface area contributed by atoms with Gasteiger partial charge >= 0.3 is 6.09 Å². The predicted octanol–water partition coefficient (Wildman–Crippen LogP) is 0.803. The van der Waals surface area contributed by atoms with Crippen molar-refractivity contribution in [3.05, 3.63) is 0 Å². The first-order valence-electron chi connectivity index (χ1n) is 6.66. The smallest absolute Gasteiger partial charge is 0.410 e. The minimum Gasteiger partial charge on any atom is -0.444 e. The predicted molar refractivity (Wildman–Crippen MR) is 72.7 cm³/mol. The van der Waals surface area contributed by atoms with Crippen LogP contribution in [0, 0.1) is 0 Å². The van der Waals surface area contributed by atoms with Crippen LogP contribution < -0.4 is 5.73 Å². The molecular formula is C13H25N3O3. The summed E-state index contributed by atoms with van der Waals surface area (Å²) in [5, 5.41) is 0. The lowest BCUT2D eigenvalue weighted by atomic mass is 10.2. The molecule has 6 nitrogen and oxygen atoms in total. The van der Waals surface area contributed by atoms with Crippen molar-refractivity contribution in [2.24, 2.45) is 5.73 Å². The monoisotopic (exact) mass is 271 g/mol. The number of carbonyl (C=O) groups excluding carboxylic acids is 2. The minimum atomic E-state index is -0.514. The molecule has 0 bridgehead atoms. The third-order valence-electron chi connectivity index (χ3n) is 2.84. The van der Waals surface area contributed by atoms with E-state index in [9.17, 15) is 9.59 Å². The van der Waals surface area contributed by atoms with Crippen LogP contribution >= 0.6 is 0 Å². The summed E-state index contributed by atoms with van der Waals surface area (Å²) < 4.78 is 5.24. The summed E-state index contributed by atoms with van der Waals surface area (Å²) in [6.07, 6.45) is 1.11. The minimum absolute atomic E-state index is 0.148. The van der Waals surface area contributed by atoms with Crippen molar-refractivity contribution >= 4 is 12.0 Å². The number of hydrogen-bond donors (Lipinski definition) is 1. The van der Waals surface area contributed by atoms with Gasteiger partial charge in [0.15, 0.2) is 0 Å². The lowest BCUT2D eigenvalue weighted by Gasteiger charge is -2.28. The van der Waals surface area contributed by atoms with Crippen LogP contribution in [0.4, 0.5) is 4.79 Å². The molecule has 1 rings (SSSR count). The van der Waals surface area contributed by atoms with E-state index in [4.69, 9.17) is 10.5 Å². The van der Waals surface area contributed by atoms with E-state index in [0.29, 0.717) is 19.5 Å². The Bertz CT molecular complexity index is 339. The average molecular weight is 271 g/mol. The molecule has 1 atom stereocenters. The van der Waals surface area contributed by atoms with Gasteiger partial charge in [-0.3, -0.25) is 4.79 Å². The molecule has 110 valence electrons. The van der Waals surface area contributed by atoms with Crippen molar-refractivity contribution < 1.29 is 14.3 Å². The molecule has 0 radical (unpaired) electrons. The third kappa shape index (κ3) is 5.46. The molecular weight excluding hydrogens is 246 g/mol. The van der Waals surface area contributed by atoms with Crippen molar-refractivity contribution in [3.8, 4) is 0 Å². The summed E-state index contributed by atoms with van der Waals surface area (Å²) in [6, 6.07) is -0.250. The summed E-state index contributed by atoms with van der Waals surface area (Å²) in [6.45, 7) is 7.10. The van der Waals surface area contributed by atoms with Gasteiger partial charge in [0.1, 0.15) is 5.60 Å². The second-order valence-electron chi connectivity index (χ2n) is 6.06. The van der Waals surface area contributed by atoms with Crippen LogP contribution in [0.5, 0.6) is 0 Å². The molecule has 19 heavy (non-hydrogen) atoms. The van der Waals surface area contributed by atoms with Gasteiger partial charge in [0.2, 0.25) is 5.91 Å². The maximum Gasteiger partial charge on any atom is 0.410 e. The van der Waals surface area contributed by atoms with Gasteiger partial charge in [0.05, 0.1) is 0 Å². The lowest BCUT2D eigenvalue weighted by molar-refractivity contribution is -0.127. The van der Waals surface area contributed by atoms with Crippen LogP contribution in [0.1, 0.15) is 33.6 Å². The molecule has 0 saturated carbocycles. The van der Waals surface area contributed by atoms with Crippen molar-refractivity contribution in [2.45, 2.75) is 45.3 Å². The first-order chi connectivity index (χ1) is 8.69. The van der Waals surface area contributed by atoms with E-state index in [1.807, 2.05) is 20.8 Å². The summed E-state index contributed by atoms with van der Waals surface area (Å²) >= 11 is 0. The van der Waals surface area contributed by atoms with E-state index < -0.39 is 11.7 Å². The fraction of sp³-hybridized carbons (Fsp3) is 0.846. The molecule has 0 spiro atoms. The number of likely N-dealkylation sites (tertiary alicyclic amines) is 1. The van der Waals surface area contributed by atoms with E-state index in [2.05, 4.69) is 0 Å². The second-order valence-corrected chi connectivity index (χ2v) is 6.06. The first kappa shape index (κ1) is 15.8. The third-order valence-corrected chi connectivity index (χ3v) is 2.84. The standard InChI is InChI=1S/C13H25N3O3/c1-13(2,3)19-12(18)15(4)8-10(14)9-16-7-5-6-11(16)17/h10H,5-9,14H2,1-4H3. The fourth-order valence-corrected chi connectivity index (χ4v) is 2.00. The topological polar surface area (TPSA) is 75.9 Å². The highest BCUT2D eigenvalue weighted by atomic mass is 16.6. The van der Waals surface area contributed by atoms with Crippen LogP contribution in [-0.2, 0) is 9.53 Å². The molecule has 1 aliphatic rings. The molecule has 6 heteroatoms. The number of likely N-dealkylation sites (N-methyl/N-ethyl adjacent to an activating group) is 1. The number of nitrogens with two attached hydrogens (primary N) is 1. The molecule has 1 aliphatic heterocycles. The Morgan fingerprint density at radius 3 is 2.63 bits per heavy atom. The summed E-state index contributed by atoms with van der Waals surface area (Å²) in [5.41, 5.74) is 5.46. The summed E-state index contributed by atoms with van der Waals surface area (Å²) in [7, 11) is 1.65. The zero-order chi connectivity index (χ0) is 14.6. The maximum atomic E-state index is 11.8. The van der Waals surface area contributed by atoms with Gasteiger partial charge < -0.3 is 20.3 Å². The lowest BCUT2D eigenvalue weighted by Crippen LogP contribution is -2.47. The highest BCUT2D eigenvalue weighted by Crippen LogP contribution is 2.11. The highest BCUT2D eigenvalue weighted by molar-refractivity contribution is 5.78. The molecule has 2 N–H and O–H groups in total. The number of ether oxygens (including phenoxy) is 1. The Labute approximate surface area is 114 Å². The zero-order valence-electron chi connectivity index (χ0n) is 12.3. The molecule has 1 heterocycles. The number of amides is 2. The van der Waals surface area contributed by atoms with Gasteiger partial charge in [-0.05, 0) is 27.2 Å². The molecule has 1 unspecified atom stereocenters. The van der Waals surface area contributed by atoms with Crippen molar-refractivity contribution in [2.75, 3.05) is 26.7 Å². The van der Waals surface area contributed by atoms with Crippen molar-refractivity contribution in [1.82, 2.24) is 9.80 Å². The molecule has 0 aromatic carbocycles. The van der Waals surface area contributed by atoms with E-state index in [0.717, 1.165) is 13.0 Å². The van der Waals surface area contributed by atoms with Crippen LogP contribution in [0.15, 0.2) is 0 Å².